The molecule has 0 aliphatic carbocycles. The fraction of sp³-hybridized carbons (Fsp3) is 0.417. The number of ether oxygens (including phenoxy) is 8. The van der Waals surface area contributed by atoms with E-state index >= 15 is 24.0 Å². The summed E-state index contributed by atoms with van der Waals surface area (Å²) in [6.07, 6.45) is -23.9. The summed E-state index contributed by atoms with van der Waals surface area (Å²) >= 11 is 14.4. The minimum Gasteiger partial charge on any atom is -0.508 e. The molecule has 7 aromatic rings. The number of alkyl halides is 3. The molecular formula is C84H94Cl2F3N13O28. The SMILES string of the molecule is CN[C@H](CC(C)C)C(=O)N[C@H]1C(=O)N[C@@H](CC(N)=O)C(=O)N[C@H]2C(=O)N[C@H]3C(=O)N[C@H](C(=O)N[C@@H](C(=O)NOCCOC)c4cc(O)cc(O)c4-c4cc3ccc4O)[C@H](O)c3ccc(c(Cl)c3)Oc3cc2cc(c3O[C@@H]2O[C@H](CO)[C@@H](O)[C@H](O)[C@H]2O[C@H]2C[C@](C)(NCCn3ccc(NC(=O)Cc4ccc(OC(F)(F)F)cc4)nc3=O)[C@H](O)[C@H](C)O2)Oc2ccc(cc2Cl)[C@H]1O. The van der Waals surface area contributed by atoms with Crippen LogP contribution in [0.3, 0.4) is 0 Å². The number of hydroxylamine groups is 1. The number of aromatic nitrogens is 2. The van der Waals surface area contributed by atoms with Crippen LogP contribution in [0.5, 0.6) is 51.7 Å². The van der Waals surface area contributed by atoms with Gasteiger partial charge in [0.05, 0.1) is 61.0 Å². The van der Waals surface area contributed by atoms with Gasteiger partial charge in [-0.2, -0.15) is 4.98 Å². The van der Waals surface area contributed by atoms with Crippen LogP contribution in [-0.4, -0.2) is 234 Å². The predicted molar refractivity (Wildman–Crippen MR) is 445 cm³/mol. The number of carbonyl (C=O) groups is 9. The number of halogens is 5. The number of likely N-dealkylation sites (N-methyl/N-ethyl adjacent to an activating group) is 1. The molecule has 0 radical (unpaired) electrons. The number of primary amides is 1. The van der Waals surface area contributed by atoms with Gasteiger partial charge in [-0.3, -0.25) is 52.6 Å². The standard InChI is InChI=1S/C84H94Cl2F3N13O28/c1-35(2)23-48(91-5)74(114)99-65-67(109)39-10-15-52(46(85)26-39)125-54-28-41-29-55(71(54)129-81-72(70(112)69(111)56(34-103)127-81)128-60-33-83(4,73(113)36(3)124-60)92-18-20-102-19-17-58(95-82(102)121)94-59(108)24-37-7-12-43(13-8-37)130-84(87,88)89)126-53-16-11-40(27-47(53)86)68(110)66-79(119)98-64(80(120)101-123-22-21-122-6)45-30-42(104)31-51(106)61(45)44-25-38(9-14-50(44)105)62(76(116)100-66)97-77(117)63(41)96-75(115)49(32-57(90)107)93-78(65)118/h7-17,19,25-31,35-36,48-49,56,60,62-70,72-73,81,91-92,103-106,109-113H,18,20-24,32-34H2,1-6H3,(H2,90,107)(H,93,118)(H,96,115)(H,97,117)(H,98,119)(H,99,114)(H,100,116)(H,101,120)(H,94,95,108,121)/t36-,48+,49-,56+,60-,62+,63+,64+,65+,66-,67+,68+,69+,70-,72+,73+,81-,83-/m0/s1. The van der Waals surface area contributed by atoms with Gasteiger partial charge in [0.2, 0.25) is 59.3 Å². The Morgan fingerprint density at radius 1 is 0.731 bits per heavy atom. The predicted octanol–water partition coefficient (Wildman–Crippen LogP) is 1.68. The van der Waals surface area contributed by atoms with E-state index in [4.69, 9.17) is 66.9 Å². The van der Waals surface area contributed by atoms with E-state index in [1.807, 2.05) is 0 Å². The molecule has 11 bridgehead atoms. The molecule has 2 fully saturated rings. The third-order valence-corrected chi connectivity index (χ3v) is 22.4. The molecule has 21 N–H and O–H groups in total. The van der Waals surface area contributed by atoms with Crippen LogP contribution in [0.15, 0.2) is 120 Å². The monoisotopic (exact) mass is 1860 g/mol. The van der Waals surface area contributed by atoms with E-state index in [9.17, 15) is 83.1 Å². The van der Waals surface area contributed by atoms with Gasteiger partial charge >= 0.3 is 12.1 Å². The number of carbonyl (C=O) groups excluding carboxylic acids is 9. The number of amides is 9. The summed E-state index contributed by atoms with van der Waals surface area (Å²) in [5.74, 6) is -17.2. The average molecular weight is 1860 g/mol. The van der Waals surface area contributed by atoms with Crippen molar-refractivity contribution in [3.8, 4) is 62.9 Å². The van der Waals surface area contributed by atoms with Gasteiger partial charge in [0, 0.05) is 55.5 Å². The van der Waals surface area contributed by atoms with Crippen LogP contribution in [0, 0.1) is 5.92 Å². The van der Waals surface area contributed by atoms with Crippen molar-refractivity contribution in [1.29, 1.82) is 0 Å². The lowest BCUT2D eigenvalue weighted by Gasteiger charge is -2.48. The molecule has 41 nitrogen and oxygen atoms in total. The normalized spacial score (nSPS) is 25.5. The number of hydrogen-bond acceptors (Lipinski definition) is 31. The van der Waals surface area contributed by atoms with E-state index in [-0.39, 0.29) is 74.0 Å². The highest BCUT2D eigenvalue weighted by atomic mass is 35.5. The molecule has 698 valence electrons. The van der Waals surface area contributed by atoms with Gasteiger partial charge in [-0.1, -0.05) is 67.4 Å². The zero-order chi connectivity index (χ0) is 94.2. The first-order chi connectivity index (χ1) is 61.6. The smallest absolute Gasteiger partial charge is 0.508 e. The molecule has 0 unspecified atom stereocenters. The molecule has 8 heterocycles. The third kappa shape index (κ3) is 22.8. The number of aromatic hydroxyl groups is 3. The zero-order valence-corrected chi connectivity index (χ0v) is 71.4. The van der Waals surface area contributed by atoms with Gasteiger partial charge in [-0.05, 0) is 139 Å². The minimum atomic E-state index is -4.94. The highest BCUT2D eigenvalue weighted by molar-refractivity contribution is 6.32. The lowest BCUT2D eigenvalue weighted by Crippen LogP contribution is -2.65. The Hall–Kier alpha value is -12.1. The van der Waals surface area contributed by atoms with Crippen molar-refractivity contribution in [2.75, 3.05) is 45.8 Å². The summed E-state index contributed by atoms with van der Waals surface area (Å²) in [6.45, 7) is 4.97. The minimum absolute atomic E-state index is 0.0833. The van der Waals surface area contributed by atoms with Gasteiger partial charge < -0.3 is 137 Å². The van der Waals surface area contributed by atoms with Gasteiger partial charge in [0.15, 0.2) is 23.9 Å². The average Bonchev–Trinajstić information content (AvgIpc) is 0.769. The van der Waals surface area contributed by atoms with Gasteiger partial charge in [0.25, 0.3) is 5.91 Å². The Morgan fingerprint density at radius 2 is 1.38 bits per heavy atom. The second-order valence-corrected chi connectivity index (χ2v) is 32.5. The number of anilines is 1. The Morgan fingerprint density at radius 3 is 2.00 bits per heavy atom. The molecular weight excluding hydrogens is 1770 g/mol. The van der Waals surface area contributed by atoms with E-state index in [0.717, 1.165) is 89.5 Å². The Kier molecular flexibility index (Phi) is 30.8. The summed E-state index contributed by atoms with van der Waals surface area (Å²) in [5.41, 5.74) is 3.10. The summed E-state index contributed by atoms with van der Waals surface area (Å²) in [5, 5.41) is 129. The molecule has 14 rings (SSSR count). The van der Waals surface area contributed by atoms with Crippen LogP contribution in [-0.2, 0) is 79.9 Å². The zero-order valence-electron chi connectivity index (χ0n) is 69.9. The van der Waals surface area contributed by atoms with Crippen LogP contribution in [0.1, 0.15) is 111 Å². The Balaban J connectivity index is 0.978. The Labute approximate surface area is 746 Å². The number of nitrogens with one attached hydrogen (secondary N) is 10. The molecule has 0 saturated carbocycles. The number of nitrogens with zero attached hydrogens (tertiary/aromatic N) is 2. The van der Waals surface area contributed by atoms with Crippen molar-refractivity contribution in [3.05, 3.63) is 169 Å². The second kappa shape index (κ2) is 41.3. The largest absolute Gasteiger partial charge is 0.573 e. The van der Waals surface area contributed by atoms with E-state index in [1.165, 1.54) is 51.5 Å². The third-order valence-electron chi connectivity index (χ3n) is 21.9. The molecule has 7 aliphatic rings. The number of rotatable bonds is 25. The summed E-state index contributed by atoms with van der Waals surface area (Å²) in [7, 11) is 2.78. The maximum absolute atomic E-state index is 16.4. The molecule has 0 spiro atoms. The molecule has 6 aromatic carbocycles. The number of phenolic OH excluding ortho intramolecular Hbond substituents is 3. The van der Waals surface area contributed by atoms with Crippen LogP contribution >= 0.6 is 23.2 Å². The number of aliphatic hydroxyl groups is 6. The summed E-state index contributed by atoms with van der Waals surface area (Å²) < 4.78 is 87.6. The van der Waals surface area contributed by atoms with Crippen molar-refractivity contribution < 1.29 is 145 Å². The van der Waals surface area contributed by atoms with Gasteiger partial charge in [0.1, 0.15) is 107 Å². The molecule has 9 amide bonds. The first-order valence-corrected chi connectivity index (χ1v) is 41.2. The lowest BCUT2D eigenvalue weighted by molar-refractivity contribution is -0.334. The number of benzene rings is 6. The van der Waals surface area contributed by atoms with Crippen molar-refractivity contribution in [2.45, 2.75) is 176 Å². The number of fused-ring (bicyclic) bond motifs is 15. The summed E-state index contributed by atoms with van der Waals surface area (Å²) in [6, 6.07) is 4.97. The highest BCUT2D eigenvalue weighted by Gasteiger charge is 2.53. The van der Waals surface area contributed by atoms with Crippen molar-refractivity contribution in [3.63, 3.8) is 0 Å². The van der Waals surface area contributed by atoms with E-state index in [0.29, 0.717) is 5.56 Å². The topological polar surface area (TPSA) is 600 Å². The molecule has 7 aliphatic heterocycles. The first-order valence-electron chi connectivity index (χ1n) is 40.4. The first kappa shape index (κ1) is 97.0. The number of aliphatic hydroxyl groups excluding tert-OH is 6. The second-order valence-electron chi connectivity index (χ2n) is 31.7. The van der Waals surface area contributed by atoms with Crippen molar-refractivity contribution in [2.24, 2.45) is 11.7 Å². The molecule has 18 atom stereocenters. The van der Waals surface area contributed by atoms with Crippen molar-refractivity contribution in [1.82, 2.24) is 57.6 Å². The van der Waals surface area contributed by atoms with E-state index < -0.39 is 272 Å². The number of nitrogens with two attached hydrogens (primary N) is 1. The highest BCUT2D eigenvalue weighted by Crippen LogP contribution is 2.50. The quantitative estimate of drug-likeness (QED) is 0.0286. The van der Waals surface area contributed by atoms with Crippen molar-refractivity contribution >= 4 is 82.2 Å². The molecule has 1 aromatic heterocycles. The Bertz CT molecular complexity index is 5470. The summed E-state index contributed by atoms with van der Waals surface area (Å²) in [4.78, 5) is 156. The van der Waals surface area contributed by atoms with Crippen LogP contribution in [0.2, 0.25) is 10.0 Å². The van der Waals surface area contributed by atoms with Crippen LogP contribution < -0.4 is 83.7 Å². The van der Waals surface area contributed by atoms with Crippen LogP contribution in [0.4, 0.5) is 19.0 Å². The molecule has 130 heavy (non-hydrogen) atoms. The van der Waals surface area contributed by atoms with E-state index in [2.05, 4.69) is 63.1 Å². The maximum Gasteiger partial charge on any atom is 0.573 e. The van der Waals surface area contributed by atoms with Crippen LogP contribution in [0.25, 0.3) is 11.1 Å². The number of methoxy groups -OCH3 is 1. The molecule has 2 saturated heterocycles. The fourth-order valence-electron chi connectivity index (χ4n) is 15.3. The fourth-order valence-corrected chi connectivity index (χ4v) is 15.7. The number of phenols is 3. The molecule has 46 heteroatoms. The van der Waals surface area contributed by atoms with Gasteiger partial charge in [-0.15, -0.1) is 13.2 Å². The number of hydrogen-bond donors (Lipinski definition) is 20. The maximum atomic E-state index is 16.4. The van der Waals surface area contributed by atoms with Gasteiger partial charge in [-0.25, -0.2) is 10.3 Å². The lowest BCUT2D eigenvalue weighted by atomic mass is 9.85. The van der Waals surface area contributed by atoms with E-state index in [1.54, 1.807) is 20.8 Å².